The Morgan fingerprint density at radius 3 is 2.16 bits per heavy atom. The van der Waals surface area contributed by atoms with Crippen molar-refractivity contribution in [3.8, 4) is 5.75 Å². The molecule has 0 spiro atoms. The van der Waals surface area contributed by atoms with Crippen LogP contribution in [0.5, 0.6) is 5.75 Å². The molecule has 2 aromatic carbocycles. The van der Waals surface area contributed by atoms with Crippen molar-refractivity contribution in [1.29, 1.82) is 0 Å². The molecular weight excluding hydrogens is 427 g/mol. The van der Waals surface area contributed by atoms with E-state index in [1.165, 1.54) is 50.7 Å². The summed E-state index contributed by atoms with van der Waals surface area (Å²) in [5.41, 5.74) is -1.01. The Hall–Kier alpha value is -2.70. The number of ether oxygens (including phenoxy) is 1. The fraction of sp³-hybridized carbons (Fsp3) is 0.400. The van der Waals surface area contributed by atoms with Gasteiger partial charge < -0.3 is 4.74 Å². The summed E-state index contributed by atoms with van der Waals surface area (Å²) in [7, 11) is 0. The van der Waals surface area contributed by atoms with Crippen molar-refractivity contribution in [1.82, 2.24) is 0 Å². The molecule has 32 heavy (non-hydrogen) atoms. The van der Waals surface area contributed by atoms with Gasteiger partial charge in [0.15, 0.2) is 0 Å². The zero-order valence-corrected chi connectivity index (χ0v) is 17.7. The van der Waals surface area contributed by atoms with Crippen LogP contribution in [0.4, 0.5) is 22.0 Å². The molecule has 172 valence electrons. The van der Waals surface area contributed by atoms with E-state index in [-0.39, 0.29) is 5.56 Å². The topological polar surface area (TPSA) is 26.3 Å². The van der Waals surface area contributed by atoms with Crippen LogP contribution < -0.4 is 4.74 Å². The van der Waals surface area contributed by atoms with Crippen LogP contribution in [0.15, 0.2) is 42.5 Å². The van der Waals surface area contributed by atoms with Gasteiger partial charge in [0, 0.05) is 12.1 Å². The number of carbonyl (C=O) groups excluding carboxylic acids is 1. The smallest absolute Gasteiger partial charge is 0.422 e. The second-order valence-electron chi connectivity index (χ2n) is 8.20. The molecule has 1 fully saturated rings. The fourth-order valence-electron chi connectivity index (χ4n) is 4.10. The van der Waals surface area contributed by atoms with Gasteiger partial charge in [-0.2, -0.15) is 13.2 Å². The maximum Gasteiger partial charge on any atom is 0.422 e. The highest BCUT2D eigenvalue weighted by molar-refractivity contribution is 5.91. The lowest BCUT2D eigenvalue weighted by molar-refractivity contribution is -0.142. The van der Waals surface area contributed by atoms with Crippen molar-refractivity contribution in [2.45, 2.75) is 51.6 Å². The van der Waals surface area contributed by atoms with Gasteiger partial charge in [-0.05, 0) is 55.2 Å². The summed E-state index contributed by atoms with van der Waals surface area (Å²) >= 11 is 0. The van der Waals surface area contributed by atoms with Crippen LogP contribution in [0.3, 0.4) is 0 Å². The lowest BCUT2D eigenvalue weighted by Gasteiger charge is -2.26. The van der Waals surface area contributed by atoms with Crippen LogP contribution in [0.25, 0.3) is 6.08 Å². The van der Waals surface area contributed by atoms with Crippen LogP contribution in [0.1, 0.15) is 66.9 Å². The molecule has 0 bridgehead atoms. The highest BCUT2D eigenvalue weighted by atomic mass is 19.4. The predicted octanol–water partition coefficient (Wildman–Crippen LogP) is 7.82. The van der Waals surface area contributed by atoms with E-state index >= 15 is 0 Å². The van der Waals surface area contributed by atoms with E-state index in [0.29, 0.717) is 18.1 Å². The van der Waals surface area contributed by atoms with Crippen LogP contribution in [-0.4, -0.2) is 5.97 Å². The van der Waals surface area contributed by atoms with Gasteiger partial charge in [-0.1, -0.05) is 44.1 Å². The summed E-state index contributed by atoms with van der Waals surface area (Å²) in [6.45, 7) is 2.21. The largest absolute Gasteiger partial charge is 0.423 e. The van der Waals surface area contributed by atoms with Gasteiger partial charge in [0.05, 0.1) is 5.56 Å². The Balaban J connectivity index is 1.60. The molecule has 0 radical (unpaired) electrons. The Bertz CT molecular complexity index is 932. The first-order valence-corrected chi connectivity index (χ1v) is 10.7. The number of carbonyl (C=O) groups is 1. The molecule has 1 saturated carbocycles. The molecule has 1 aliphatic rings. The zero-order valence-electron chi connectivity index (χ0n) is 17.7. The number of allylic oxidation sites excluding steroid dienone is 1. The minimum Gasteiger partial charge on any atom is -0.423 e. The lowest BCUT2D eigenvalue weighted by Crippen LogP contribution is -2.13. The summed E-state index contributed by atoms with van der Waals surface area (Å²) in [4.78, 5) is 12.2. The van der Waals surface area contributed by atoms with E-state index in [0.717, 1.165) is 11.5 Å². The molecular formula is C25H25F5O2. The summed E-state index contributed by atoms with van der Waals surface area (Å²) < 4.78 is 70.1. The Morgan fingerprint density at radius 2 is 1.62 bits per heavy atom. The summed E-state index contributed by atoms with van der Waals surface area (Å²) in [5.74, 6) is -3.87. The first-order chi connectivity index (χ1) is 15.2. The van der Waals surface area contributed by atoms with Crippen LogP contribution >= 0.6 is 0 Å². The monoisotopic (exact) mass is 452 g/mol. The average molecular weight is 452 g/mol. The molecule has 0 amide bonds. The number of rotatable bonds is 6. The van der Waals surface area contributed by atoms with E-state index in [1.807, 2.05) is 6.08 Å². The summed E-state index contributed by atoms with van der Waals surface area (Å²) in [6, 6.07) is 7.10. The van der Waals surface area contributed by atoms with Gasteiger partial charge in [0.1, 0.15) is 22.9 Å². The van der Waals surface area contributed by atoms with Crippen LogP contribution in [0.2, 0.25) is 0 Å². The van der Waals surface area contributed by atoms with Crippen molar-refractivity contribution in [2.24, 2.45) is 11.8 Å². The number of esters is 1. The van der Waals surface area contributed by atoms with E-state index in [9.17, 15) is 26.7 Å². The van der Waals surface area contributed by atoms with Gasteiger partial charge in [0.25, 0.3) is 0 Å². The first-order valence-electron chi connectivity index (χ1n) is 10.7. The highest BCUT2D eigenvalue weighted by Crippen LogP contribution is 2.35. The highest BCUT2D eigenvalue weighted by Gasteiger charge is 2.38. The summed E-state index contributed by atoms with van der Waals surface area (Å²) in [5, 5.41) is 0. The molecule has 1 aliphatic carbocycles. The molecule has 0 aliphatic heterocycles. The molecule has 0 N–H and O–H groups in total. The van der Waals surface area contributed by atoms with E-state index < -0.39 is 35.1 Å². The second-order valence-corrected chi connectivity index (χ2v) is 8.20. The van der Waals surface area contributed by atoms with Crippen LogP contribution in [0, 0.1) is 23.5 Å². The predicted molar refractivity (Wildman–Crippen MR) is 112 cm³/mol. The third-order valence-electron chi connectivity index (χ3n) is 5.81. The lowest BCUT2D eigenvalue weighted by atomic mass is 9.80. The van der Waals surface area contributed by atoms with E-state index in [2.05, 4.69) is 13.0 Å². The Kier molecular flexibility index (Phi) is 7.69. The van der Waals surface area contributed by atoms with Crippen molar-refractivity contribution >= 4 is 12.0 Å². The Morgan fingerprint density at radius 1 is 1.03 bits per heavy atom. The molecule has 2 nitrogen and oxygen atoms in total. The third kappa shape index (κ3) is 6.17. The van der Waals surface area contributed by atoms with Crippen molar-refractivity contribution in [2.75, 3.05) is 0 Å². The SMILES string of the molecule is CCCC1CCC(C=Cc2ccc(C(=O)Oc3cc(F)c(C(F)(F)F)c(F)c3)cc2)CC1. The molecule has 0 aromatic heterocycles. The van der Waals surface area contributed by atoms with Gasteiger partial charge in [0.2, 0.25) is 0 Å². The van der Waals surface area contributed by atoms with Crippen LogP contribution in [-0.2, 0) is 6.18 Å². The van der Waals surface area contributed by atoms with Gasteiger partial charge in [-0.25, -0.2) is 13.6 Å². The quantitative estimate of drug-likeness (QED) is 0.254. The van der Waals surface area contributed by atoms with Gasteiger partial charge in [-0.15, -0.1) is 0 Å². The second kappa shape index (κ2) is 10.3. The van der Waals surface area contributed by atoms with E-state index in [4.69, 9.17) is 4.74 Å². The molecule has 3 rings (SSSR count). The third-order valence-corrected chi connectivity index (χ3v) is 5.81. The standard InChI is InChI=1S/C25H25F5O2/c1-2-3-16-4-6-17(7-5-16)8-9-18-10-12-19(13-11-18)24(31)32-20-14-21(26)23(22(27)15-20)25(28,29)30/h8-17H,2-7H2,1H3. The van der Waals surface area contributed by atoms with Gasteiger partial charge in [-0.3, -0.25) is 0 Å². The molecule has 7 heteroatoms. The minimum absolute atomic E-state index is 0.114. The number of halogens is 5. The molecule has 0 atom stereocenters. The average Bonchev–Trinajstić information content (AvgIpc) is 2.72. The Labute approximate surface area is 184 Å². The zero-order chi connectivity index (χ0) is 23.3. The number of benzene rings is 2. The van der Waals surface area contributed by atoms with Crippen molar-refractivity contribution in [3.63, 3.8) is 0 Å². The normalized spacial score (nSPS) is 19.3. The maximum atomic E-state index is 13.7. The number of hydrogen-bond acceptors (Lipinski definition) is 2. The first kappa shape index (κ1) is 24.0. The summed E-state index contributed by atoms with van der Waals surface area (Å²) in [6.07, 6.45) is 6.36. The van der Waals surface area contributed by atoms with Crippen molar-refractivity contribution < 1.29 is 31.5 Å². The fourth-order valence-corrected chi connectivity index (χ4v) is 4.10. The number of hydrogen-bond donors (Lipinski definition) is 0. The van der Waals surface area contributed by atoms with Gasteiger partial charge >= 0.3 is 12.1 Å². The van der Waals surface area contributed by atoms with E-state index in [1.54, 1.807) is 12.1 Å². The minimum atomic E-state index is -5.19. The molecule has 0 unspecified atom stereocenters. The maximum absolute atomic E-state index is 13.7. The number of alkyl halides is 3. The van der Waals surface area contributed by atoms with Crippen molar-refractivity contribution in [3.05, 3.63) is 70.8 Å². The molecule has 2 aromatic rings. The molecule has 0 saturated heterocycles. The molecule has 0 heterocycles.